The van der Waals surface area contributed by atoms with Gasteiger partial charge in [-0.15, -0.1) is 0 Å². The summed E-state index contributed by atoms with van der Waals surface area (Å²) in [7, 11) is 1.94. The second-order valence-corrected chi connectivity index (χ2v) is 3.29. The summed E-state index contributed by atoms with van der Waals surface area (Å²) in [6.45, 7) is 2.93. The maximum absolute atomic E-state index is 5.44. The lowest BCUT2D eigenvalue weighted by molar-refractivity contribution is 0.607. The third-order valence-electron chi connectivity index (χ3n) is 2.18. The summed E-state index contributed by atoms with van der Waals surface area (Å²) in [6, 6.07) is 6.28. The van der Waals surface area contributed by atoms with Crippen LogP contribution < -0.4 is 5.32 Å². The van der Waals surface area contributed by atoms with Crippen LogP contribution in [0.5, 0.6) is 0 Å². The number of benzene rings is 1. The fourth-order valence-electron chi connectivity index (χ4n) is 1.52. The van der Waals surface area contributed by atoms with Crippen LogP contribution >= 0.6 is 0 Å². The van der Waals surface area contributed by atoms with Crippen molar-refractivity contribution >= 4 is 11.0 Å². The van der Waals surface area contributed by atoms with E-state index in [9.17, 15) is 0 Å². The van der Waals surface area contributed by atoms with E-state index in [0.29, 0.717) is 0 Å². The fourth-order valence-corrected chi connectivity index (χ4v) is 1.52. The first-order chi connectivity index (χ1) is 6.31. The molecule has 68 valence electrons. The third-order valence-corrected chi connectivity index (χ3v) is 2.18. The topological polar surface area (TPSA) is 25.2 Å². The van der Waals surface area contributed by atoms with Crippen LogP contribution in [0.15, 0.2) is 28.9 Å². The normalized spacial score (nSPS) is 10.9. The largest absolute Gasteiger partial charge is 0.464 e. The molecule has 1 N–H and O–H groups in total. The molecule has 0 aliphatic rings. The molecule has 2 heteroatoms. The zero-order valence-corrected chi connectivity index (χ0v) is 7.92. The summed E-state index contributed by atoms with van der Waals surface area (Å²) in [5.74, 6) is 0. The minimum Gasteiger partial charge on any atom is -0.464 e. The summed E-state index contributed by atoms with van der Waals surface area (Å²) >= 11 is 0. The summed E-state index contributed by atoms with van der Waals surface area (Å²) in [6.07, 6.45) is 1.82. The summed E-state index contributed by atoms with van der Waals surface area (Å²) in [5, 5.41) is 4.33. The number of furan rings is 1. The van der Waals surface area contributed by atoms with Crippen molar-refractivity contribution in [2.75, 3.05) is 7.05 Å². The van der Waals surface area contributed by atoms with Crippen molar-refractivity contribution in [1.29, 1.82) is 0 Å². The van der Waals surface area contributed by atoms with Crippen molar-refractivity contribution in [2.24, 2.45) is 0 Å². The first kappa shape index (κ1) is 8.32. The van der Waals surface area contributed by atoms with Gasteiger partial charge in [-0.3, -0.25) is 0 Å². The predicted octanol–water partition coefficient (Wildman–Crippen LogP) is 2.46. The van der Waals surface area contributed by atoms with Gasteiger partial charge in [0.1, 0.15) is 5.58 Å². The van der Waals surface area contributed by atoms with E-state index in [-0.39, 0.29) is 0 Å². The molecule has 0 radical (unpaired) electrons. The third kappa shape index (κ3) is 1.45. The molecule has 0 amide bonds. The summed E-state index contributed by atoms with van der Waals surface area (Å²) in [5.41, 5.74) is 3.43. The molecular weight excluding hydrogens is 162 g/mol. The number of hydrogen-bond acceptors (Lipinski definition) is 2. The van der Waals surface area contributed by atoms with Crippen molar-refractivity contribution in [3.05, 3.63) is 35.6 Å². The molecule has 0 saturated heterocycles. The zero-order valence-electron chi connectivity index (χ0n) is 7.92. The van der Waals surface area contributed by atoms with Crippen molar-refractivity contribution in [3.8, 4) is 0 Å². The zero-order chi connectivity index (χ0) is 9.26. The molecule has 0 fully saturated rings. The molecule has 1 heterocycles. The van der Waals surface area contributed by atoms with Crippen LogP contribution in [0.2, 0.25) is 0 Å². The Morgan fingerprint density at radius 3 is 3.00 bits per heavy atom. The van der Waals surface area contributed by atoms with Gasteiger partial charge in [0.05, 0.1) is 6.26 Å². The number of nitrogens with one attached hydrogen (secondary N) is 1. The van der Waals surface area contributed by atoms with E-state index < -0.39 is 0 Å². The highest BCUT2D eigenvalue weighted by Gasteiger charge is 2.03. The quantitative estimate of drug-likeness (QED) is 0.758. The molecule has 0 bridgehead atoms. The highest BCUT2D eigenvalue weighted by Crippen LogP contribution is 2.21. The van der Waals surface area contributed by atoms with Crippen LogP contribution in [-0.4, -0.2) is 7.05 Å². The Balaban J connectivity index is 2.55. The highest BCUT2D eigenvalue weighted by molar-refractivity contribution is 5.81. The smallest absolute Gasteiger partial charge is 0.134 e. The molecule has 1 aromatic carbocycles. The molecule has 0 atom stereocenters. The second kappa shape index (κ2) is 3.23. The Labute approximate surface area is 77.6 Å². The lowest BCUT2D eigenvalue weighted by atomic mass is 10.1. The van der Waals surface area contributed by atoms with Crippen LogP contribution in [0.3, 0.4) is 0 Å². The molecule has 1 aromatic heterocycles. The average molecular weight is 175 g/mol. The second-order valence-electron chi connectivity index (χ2n) is 3.29. The molecule has 0 aliphatic heterocycles. The summed E-state index contributed by atoms with van der Waals surface area (Å²) < 4.78 is 5.44. The molecule has 2 nitrogen and oxygen atoms in total. The van der Waals surface area contributed by atoms with E-state index in [1.54, 1.807) is 0 Å². The highest BCUT2D eigenvalue weighted by atomic mass is 16.3. The average Bonchev–Trinajstić information content (AvgIpc) is 2.49. The summed E-state index contributed by atoms with van der Waals surface area (Å²) in [4.78, 5) is 0. The van der Waals surface area contributed by atoms with Crippen molar-refractivity contribution in [2.45, 2.75) is 13.5 Å². The lowest BCUT2D eigenvalue weighted by Crippen LogP contribution is -2.03. The van der Waals surface area contributed by atoms with Gasteiger partial charge in [-0.25, -0.2) is 0 Å². The van der Waals surface area contributed by atoms with Gasteiger partial charge in [-0.2, -0.15) is 0 Å². The molecule has 2 rings (SSSR count). The van der Waals surface area contributed by atoms with Gasteiger partial charge < -0.3 is 9.73 Å². The predicted molar refractivity (Wildman–Crippen MR) is 53.7 cm³/mol. The van der Waals surface area contributed by atoms with E-state index in [0.717, 1.165) is 12.1 Å². The van der Waals surface area contributed by atoms with Gasteiger partial charge in [-0.1, -0.05) is 12.1 Å². The van der Waals surface area contributed by atoms with Gasteiger partial charge >= 0.3 is 0 Å². The van der Waals surface area contributed by atoms with Crippen LogP contribution in [0.4, 0.5) is 0 Å². The Morgan fingerprint density at radius 1 is 1.38 bits per heavy atom. The van der Waals surface area contributed by atoms with Gasteiger partial charge in [-0.05, 0) is 25.6 Å². The molecule has 13 heavy (non-hydrogen) atoms. The van der Waals surface area contributed by atoms with Crippen LogP contribution in [0, 0.1) is 6.92 Å². The van der Waals surface area contributed by atoms with Crippen molar-refractivity contribution < 1.29 is 4.42 Å². The Hall–Kier alpha value is -1.28. The number of aryl methyl sites for hydroxylation is 1. The molecule has 0 saturated carbocycles. The van der Waals surface area contributed by atoms with Crippen molar-refractivity contribution in [3.63, 3.8) is 0 Å². The minimum absolute atomic E-state index is 0.857. The maximum Gasteiger partial charge on any atom is 0.134 e. The van der Waals surface area contributed by atoms with Crippen molar-refractivity contribution in [1.82, 2.24) is 5.32 Å². The standard InChI is InChI=1S/C11H13NO/c1-8-3-4-10-9(6-12-2)7-13-11(10)5-8/h3-5,7,12H,6H2,1-2H3. The minimum atomic E-state index is 0.857. The van der Waals surface area contributed by atoms with Gasteiger partial charge in [0.25, 0.3) is 0 Å². The molecule has 0 unspecified atom stereocenters. The van der Waals surface area contributed by atoms with E-state index >= 15 is 0 Å². The van der Waals surface area contributed by atoms with Gasteiger partial charge in [0.2, 0.25) is 0 Å². The first-order valence-corrected chi connectivity index (χ1v) is 4.42. The van der Waals surface area contributed by atoms with E-state index in [1.165, 1.54) is 16.5 Å². The number of rotatable bonds is 2. The Kier molecular flexibility index (Phi) is 2.07. The monoisotopic (exact) mass is 175 g/mol. The first-order valence-electron chi connectivity index (χ1n) is 4.42. The SMILES string of the molecule is CNCc1coc2cc(C)ccc12. The number of fused-ring (bicyclic) bond motifs is 1. The van der Waals surface area contributed by atoms with Crippen LogP contribution in [0.1, 0.15) is 11.1 Å². The molecule has 0 aliphatic carbocycles. The lowest BCUT2D eigenvalue weighted by Gasteiger charge is -1.95. The van der Waals surface area contributed by atoms with E-state index in [4.69, 9.17) is 4.42 Å². The fraction of sp³-hybridized carbons (Fsp3) is 0.273. The van der Waals surface area contributed by atoms with Crippen LogP contribution in [-0.2, 0) is 6.54 Å². The molecule has 2 aromatic rings. The Morgan fingerprint density at radius 2 is 2.23 bits per heavy atom. The van der Waals surface area contributed by atoms with Crippen LogP contribution in [0.25, 0.3) is 11.0 Å². The molecule has 0 spiro atoms. The maximum atomic E-state index is 5.44. The number of hydrogen-bond donors (Lipinski definition) is 1. The van der Waals surface area contributed by atoms with E-state index in [2.05, 4.69) is 30.4 Å². The molecular formula is C11H13NO. The van der Waals surface area contributed by atoms with E-state index in [1.807, 2.05) is 13.3 Å². The Bertz CT molecular complexity index is 417. The van der Waals surface area contributed by atoms with Gasteiger partial charge in [0, 0.05) is 17.5 Å². The van der Waals surface area contributed by atoms with Gasteiger partial charge in [0.15, 0.2) is 0 Å².